The molecule has 0 saturated heterocycles. The van der Waals surface area contributed by atoms with E-state index in [1.165, 1.54) is 16.2 Å². The largest absolute Gasteiger partial charge is 0.480 e. The molecule has 1 heterocycles. The number of carboxylic acid groups (broad SMARTS) is 1. The number of nitrogens with one attached hydrogen (secondary N) is 1. The Hall–Kier alpha value is -3.65. The van der Waals surface area contributed by atoms with Crippen molar-refractivity contribution in [2.45, 2.75) is 30.8 Å². The van der Waals surface area contributed by atoms with Gasteiger partial charge in [0.1, 0.15) is 19.2 Å². The average molecular weight is 477 g/mol. The van der Waals surface area contributed by atoms with Crippen molar-refractivity contribution in [2.75, 3.05) is 13.2 Å². The monoisotopic (exact) mass is 476 g/mol. The normalized spacial score (nSPS) is 15.2. The maximum Gasteiger partial charge on any atom is 0.408 e. The lowest BCUT2D eigenvalue weighted by molar-refractivity contribution is -0.145. The molecule has 1 atom stereocenters. The van der Waals surface area contributed by atoms with E-state index in [-0.39, 0.29) is 18.6 Å². The first-order valence-electron chi connectivity index (χ1n) is 11.2. The molecule has 34 heavy (non-hydrogen) atoms. The van der Waals surface area contributed by atoms with Crippen molar-refractivity contribution in [1.29, 1.82) is 0 Å². The molecule has 0 bridgehead atoms. The molecule has 2 aromatic carbocycles. The second-order valence-electron chi connectivity index (χ2n) is 8.51. The van der Waals surface area contributed by atoms with Crippen molar-refractivity contribution in [3.05, 3.63) is 82.0 Å². The minimum absolute atomic E-state index is 0.0935. The van der Waals surface area contributed by atoms with Gasteiger partial charge in [-0.05, 0) is 46.5 Å². The highest BCUT2D eigenvalue weighted by molar-refractivity contribution is 7.10. The van der Waals surface area contributed by atoms with E-state index in [0.29, 0.717) is 4.88 Å². The Kier molecular flexibility index (Phi) is 6.06. The number of hydrogen-bond acceptors (Lipinski definition) is 5. The fourth-order valence-corrected chi connectivity index (χ4v) is 5.32. The fraction of sp³-hybridized carbons (Fsp3) is 0.269. The minimum atomic E-state index is -1.08. The number of thiophene rings is 1. The van der Waals surface area contributed by atoms with Gasteiger partial charge >= 0.3 is 12.1 Å². The number of alkyl carbamates (subject to hydrolysis) is 1. The lowest BCUT2D eigenvalue weighted by atomic mass is 9.98. The molecule has 0 radical (unpaired) electrons. The molecule has 1 aromatic heterocycles. The number of rotatable bonds is 8. The molecule has 1 fully saturated rings. The van der Waals surface area contributed by atoms with E-state index in [1.807, 2.05) is 41.8 Å². The Morgan fingerprint density at radius 2 is 1.65 bits per heavy atom. The van der Waals surface area contributed by atoms with Gasteiger partial charge in [-0.3, -0.25) is 9.59 Å². The van der Waals surface area contributed by atoms with Crippen molar-refractivity contribution in [2.24, 2.45) is 0 Å². The van der Waals surface area contributed by atoms with Gasteiger partial charge in [0.2, 0.25) is 0 Å². The topological polar surface area (TPSA) is 95.9 Å². The number of carboxylic acids is 1. The van der Waals surface area contributed by atoms with E-state index < -0.39 is 30.6 Å². The number of carbonyl (C=O) groups is 3. The van der Waals surface area contributed by atoms with Crippen molar-refractivity contribution >= 4 is 29.3 Å². The quantitative estimate of drug-likeness (QED) is 0.502. The summed E-state index contributed by atoms with van der Waals surface area (Å²) >= 11 is 1.33. The van der Waals surface area contributed by atoms with E-state index in [1.54, 1.807) is 12.1 Å². The molecule has 174 valence electrons. The number of fused-ring (bicyclic) bond motifs is 3. The highest BCUT2D eigenvalue weighted by Crippen LogP contribution is 2.44. The van der Waals surface area contributed by atoms with Crippen LogP contribution in [0.4, 0.5) is 4.79 Å². The summed E-state index contributed by atoms with van der Waals surface area (Å²) in [7, 11) is 0. The molecule has 5 rings (SSSR count). The maximum absolute atomic E-state index is 13.3. The summed E-state index contributed by atoms with van der Waals surface area (Å²) in [6, 6.07) is 18.6. The smallest absolute Gasteiger partial charge is 0.408 e. The molecule has 1 unspecified atom stereocenters. The lowest BCUT2D eigenvalue weighted by Crippen LogP contribution is -2.46. The van der Waals surface area contributed by atoms with Gasteiger partial charge in [-0.1, -0.05) is 54.6 Å². The van der Waals surface area contributed by atoms with Crippen LogP contribution in [-0.4, -0.2) is 47.2 Å². The van der Waals surface area contributed by atoms with Crippen LogP contribution < -0.4 is 5.32 Å². The van der Waals surface area contributed by atoms with Crippen LogP contribution in [0.15, 0.2) is 66.0 Å². The molecule has 0 spiro atoms. The minimum Gasteiger partial charge on any atom is -0.480 e. The van der Waals surface area contributed by atoms with Gasteiger partial charge in [-0.25, -0.2) is 4.79 Å². The predicted molar refractivity (Wildman–Crippen MR) is 128 cm³/mol. The zero-order valence-electron chi connectivity index (χ0n) is 18.3. The zero-order chi connectivity index (χ0) is 23.7. The van der Waals surface area contributed by atoms with Crippen LogP contribution in [0.1, 0.15) is 40.8 Å². The highest BCUT2D eigenvalue weighted by atomic mass is 32.1. The van der Waals surface area contributed by atoms with Crippen molar-refractivity contribution < 1.29 is 24.2 Å². The van der Waals surface area contributed by atoms with E-state index >= 15 is 0 Å². The molecular formula is C26H24N2O5S. The van der Waals surface area contributed by atoms with Crippen LogP contribution in [-0.2, 0) is 14.3 Å². The molecule has 0 aliphatic heterocycles. The summed E-state index contributed by atoms with van der Waals surface area (Å²) < 4.78 is 5.62. The molecule has 2 aliphatic rings. The number of ether oxygens (including phenoxy) is 1. The molecule has 2 N–H and O–H groups in total. The molecule has 8 heteroatoms. The molecule has 1 saturated carbocycles. The van der Waals surface area contributed by atoms with Crippen molar-refractivity contribution in [1.82, 2.24) is 10.2 Å². The van der Waals surface area contributed by atoms with Gasteiger partial charge in [0.05, 0.1) is 0 Å². The Morgan fingerprint density at radius 1 is 1.00 bits per heavy atom. The van der Waals surface area contributed by atoms with E-state index in [2.05, 4.69) is 17.4 Å². The Balaban J connectivity index is 1.31. The summed E-state index contributed by atoms with van der Waals surface area (Å²) in [6.07, 6.45) is 0.821. The summed E-state index contributed by atoms with van der Waals surface area (Å²) in [5.74, 6) is -1.60. The molecule has 2 amide bonds. The van der Waals surface area contributed by atoms with Crippen molar-refractivity contribution in [3.63, 3.8) is 0 Å². The third kappa shape index (κ3) is 4.41. The van der Waals surface area contributed by atoms with Crippen molar-refractivity contribution in [3.8, 4) is 11.1 Å². The van der Waals surface area contributed by atoms with Crippen LogP contribution >= 0.6 is 11.3 Å². The summed E-state index contributed by atoms with van der Waals surface area (Å²) in [5.41, 5.74) is 4.47. The first-order chi connectivity index (χ1) is 16.5. The standard InChI is InChI=1S/C26H24N2O5S/c29-23(30)14-28(16-11-12-16)25(31)24(22-10-5-13-34-22)27-26(32)33-15-21-19-8-3-1-6-17(19)18-7-2-4-9-20(18)21/h1-10,13,16,21,24H,11-12,14-15H2,(H,27,32)(H,29,30). The van der Waals surface area contributed by atoms with Gasteiger partial charge in [-0.2, -0.15) is 0 Å². The van der Waals surface area contributed by atoms with E-state index in [0.717, 1.165) is 35.1 Å². The molecule has 7 nitrogen and oxygen atoms in total. The molecular weight excluding hydrogens is 452 g/mol. The third-order valence-electron chi connectivity index (χ3n) is 6.26. The van der Waals surface area contributed by atoms with Crippen LogP contribution in [0.3, 0.4) is 0 Å². The molecule has 3 aromatic rings. The van der Waals surface area contributed by atoms with Gasteiger partial charge < -0.3 is 20.1 Å². The second-order valence-corrected chi connectivity index (χ2v) is 9.49. The lowest BCUT2D eigenvalue weighted by Gasteiger charge is -2.26. The summed E-state index contributed by atoms with van der Waals surface area (Å²) in [5, 5.41) is 13.8. The van der Waals surface area contributed by atoms with E-state index in [4.69, 9.17) is 4.74 Å². The first-order valence-corrected chi connectivity index (χ1v) is 12.1. The Morgan fingerprint density at radius 3 is 2.21 bits per heavy atom. The first kappa shape index (κ1) is 22.2. The third-order valence-corrected chi connectivity index (χ3v) is 7.19. The van der Waals surface area contributed by atoms with Crippen LogP contribution in [0.5, 0.6) is 0 Å². The van der Waals surface area contributed by atoms with Gasteiger partial charge in [0.15, 0.2) is 0 Å². The molecule has 2 aliphatic carbocycles. The van der Waals surface area contributed by atoms with Gasteiger partial charge in [-0.15, -0.1) is 11.3 Å². The number of nitrogens with zero attached hydrogens (tertiary/aromatic N) is 1. The van der Waals surface area contributed by atoms with Gasteiger partial charge in [0, 0.05) is 16.8 Å². The Labute approximate surface area is 201 Å². The average Bonchev–Trinajstić information content (AvgIpc) is 3.43. The van der Waals surface area contributed by atoms with Crippen LogP contribution in [0, 0.1) is 0 Å². The SMILES string of the molecule is O=C(O)CN(C(=O)C(NC(=O)OCC1c2ccccc2-c2ccccc21)c1cccs1)C1CC1. The predicted octanol–water partition coefficient (Wildman–Crippen LogP) is 4.40. The number of hydrogen-bond donors (Lipinski definition) is 2. The van der Waals surface area contributed by atoms with E-state index in [9.17, 15) is 19.5 Å². The maximum atomic E-state index is 13.3. The van der Waals surface area contributed by atoms with Crippen LogP contribution in [0.25, 0.3) is 11.1 Å². The second kappa shape index (κ2) is 9.30. The summed E-state index contributed by atoms with van der Waals surface area (Å²) in [4.78, 5) is 39.4. The van der Waals surface area contributed by atoms with Gasteiger partial charge in [0.25, 0.3) is 5.91 Å². The highest BCUT2D eigenvalue weighted by Gasteiger charge is 2.39. The number of aliphatic carboxylic acids is 1. The Bertz CT molecular complexity index is 1180. The number of carbonyl (C=O) groups excluding carboxylic acids is 2. The fourth-order valence-electron chi connectivity index (χ4n) is 4.55. The van der Waals surface area contributed by atoms with Crippen LogP contribution in [0.2, 0.25) is 0 Å². The number of benzene rings is 2. The zero-order valence-corrected chi connectivity index (χ0v) is 19.2. The number of amides is 2. The summed E-state index contributed by atoms with van der Waals surface area (Å²) in [6.45, 7) is -0.260.